The number of aliphatic carboxylic acids is 1. The summed E-state index contributed by atoms with van der Waals surface area (Å²) in [4.78, 5) is 36.6. The van der Waals surface area contributed by atoms with Gasteiger partial charge in [0.25, 0.3) is 0 Å². The number of halogens is 1. The Bertz CT molecular complexity index is 890. The lowest BCUT2D eigenvalue weighted by Crippen LogP contribution is -2.41. The van der Waals surface area contributed by atoms with Crippen molar-refractivity contribution in [3.8, 4) is 0 Å². The van der Waals surface area contributed by atoms with Crippen LogP contribution in [0, 0.1) is 6.92 Å². The van der Waals surface area contributed by atoms with Gasteiger partial charge >= 0.3 is 5.97 Å². The minimum absolute atomic E-state index is 0.0219. The molecule has 1 heterocycles. The normalized spacial score (nSPS) is 11.9. The summed E-state index contributed by atoms with van der Waals surface area (Å²) in [7, 11) is 1.72. The molecule has 0 saturated heterocycles. The highest BCUT2D eigenvalue weighted by atomic mass is 35.5. The van der Waals surface area contributed by atoms with Crippen molar-refractivity contribution in [3.63, 3.8) is 0 Å². The molecule has 2 aromatic rings. The zero-order valence-electron chi connectivity index (χ0n) is 16.6. The minimum Gasteiger partial charge on any atom is -0.480 e. The van der Waals surface area contributed by atoms with E-state index in [2.05, 4.69) is 5.32 Å². The first-order valence-corrected chi connectivity index (χ1v) is 9.80. The number of hydrogen-bond donors (Lipinski definition) is 3. The molecular formula is C21H26ClN3O4. The van der Waals surface area contributed by atoms with Crippen molar-refractivity contribution in [2.24, 2.45) is 12.8 Å². The van der Waals surface area contributed by atoms with Gasteiger partial charge in [-0.15, -0.1) is 0 Å². The third kappa shape index (κ3) is 5.92. The number of nitrogens with two attached hydrogens (primary N) is 1. The smallest absolute Gasteiger partial charge is 0.326 e. The van der Waals surface area contributed by atoms with E-state index < -0.39 is 17.9 Å². The maximum atomic E-state index is 12.9. The first-order chi connectivity index (χ1) is 13.7. The molecule has 29 heavy (non-hydrogen) atoms. The highest BCUT2D eigenvalue weighted by Crippen LogP contribution is 2.20. The molecule has 1 amide bonds. The number of carboxylic acids is 1. The van der Waals surface area contributed by atoms with Gasteiger partial charge < -0.3 is 20.7 Å². The van der Waals surface area contributed by atoms with Crippen molar-refractivity contribution in [2.45, 2.75) is 38.6 Å². The number of carboxylic acid groups (broad SMARTS) is 1. The van der Waals surface area contributed by atoms with Gasteiger partial charge in [-0.3, -0.25) is 9.59 Å². The van der Waals surface area contributed by atoms with Crippen LogP contribution in [0.1, 0.15) is 46.6 Å². The number of unbranched alkanes of at least 4 members (excludes halogenated alkanes) is 1. The highest BCUT2D eigenvalue weighted by Gasteiger charge is 2.22. The van der Waals surface area contributed by atoms with E-state index in [0.29, 0.717) is 47.8 Å². The Kier molecular flexibility index (Phi) is 7.99. The summed E-state index contributed by atoms with van der Waals surface area (Å²) in [5.41, 5.74) is 7.78. The van der Waals surface area contributed by atoms with Gasteiger partial charge in [-0.05, 0) is 68.6 Å². The number of nitrogens with zero attached hydrogens (tertiary/aromatic N) is 1. The zero-order valence-corrected chi connectivity index (χ0v) is 17.3. The highest BCUT2D eigenvalue weighted by molar-refractivity contribution is 6.30. The second-order valence-corrected chi connectivity index (χ2v) is 7.42. The molecule has 0 aliphatic carbocycles. The third-order valence-electron chi connectivity index (χ3n) is 4.77. The Morgan fingerprint density at radius 2 is 1.86 bits per heavy atom. The fourth-order valence-electron chi connectivity index (χ4n) is 3.22. The molecule has 0 saturated carbocycles. The van der Waals surface area contributed by atoms with Crippen LogP contribution >= 0.6 is 11.6 Å². The van der Waals surface area contributed by atoms with Crippen LogP contribution in [0.3, 0.4) is 0 Å². The number of rotatable bonds is 10. The molecule has 0 aliphatic heterocycles. The van der Waals surface area contributed by atoms with Gasteiger partial charge in [0.05, 0.1) is 12.1 Å². The molecule has 0 spiro atoms. The molecule has 1 aromatic carbocycles. The van der Waals surface area contributed by atoms with E-state index in [9.17, 15) is 19.5 Å². The van der Waals surface area contributed by atoms with Crippen molar-refractivity contribution < 1.29 is 19.5 Å². The summed E-state index contributed by atoms with van der Waals surface area (Å²) >= 11 is 5.88. The molecule has 8 heteroatoms. The van der Waals surface area contributed by atoms with E-state index in [1.807, 2.05) is 0 Å². The van der Waals surface area contributed by atoms with Gasteiger partial charge in [-0.2, -0.15) is 0 Å². The van der Waals surface area contributed by atoms with E-state index in [1.54, 1.807) is 48.9 Å². The van der Waals surface area contributed by atoms with Crippen molar-refractivity contribution in [1.82, 2.24) is 9.88 Å². The van der Waals surface area contributed by atoms with Crippen molar-refractivity contribution in [3.05, 3.63) is 57.9 Å². The van der Waals surface area contributed by atoms with Crippen LogP contribution in [-0.4, -0.2) is 39.9 Å². The third-order valence-corrected chi connectivity index (χ3v) is 5.02. The molecular weight excluding hydrogens is 394 g/mol. The second kappa shape index (κ2) is 10.2. The van der Waals surface area contributed by atoms with E-state index in [1.165, 1.54) is 0 Å². The number of amides is 1. The average Bonchev–Trinajstić information content (AvgIpc) is 2.94. The summed E-state index contributed by atoms with van der Waals surface area (Å²) in [5.74, 6) is -1.65. The molecule has 0 unspecified atom stereocenters. The van der Waals surface area contributed by atoms with Crippen LogP contribution in [0.2, 0.25) is 5.02 Å². The predicted molar refractivity (Wildman–Crippen MR) is 111 cm³/mol. The number of benzene rings is 1. The van der Waals surface area contributed by atoms with Gasteiger partial charge in [0.1, 0.15) is 6.04 Å². The summed E-state index contributed by atoms with van der Waals surface area (Å²) in [6, 6.07) is 7.43. The second-order valence-electron chi connectivity index (χ2n) is 6.98. The summed E-state index contributed by atoms with van der Waals surface area (Å²) in [6.45, 7) is 2.28. The van der Waals surface area contributed by atoms with E-state index >= 15 is 0 Å². The number of carbonyl (C=O) groups excluding carboxylic acids is 2. The van der Waals surface area contributed by atoms with Gasteiger partial charge in [0, 0.05) is 23.3 Å². The molecule has 4 N–H and O–H groups in total. The Labute approximate surface area is 174 Å². The lowest BCUT2D eigenvalue weighted by Gasteiger charge is -2.15. The Morgan fingerprint density at radius 1 is 1.21 bits per heavy atom. The van der Waals surface area contributed by atoms with Crippen molar-refractivity contribution in [2.75, 3.05) is 6.54 Å². The van der Waals surface area contributed by atoms with Crippen LogP contribution in [0.5, 0.6) is 0 Å². The predicted octanol–water partition coefficient (Wildman–Crippen LogP) is 2.46. The lowest BCUT2D eigenvalue weighted by molar-refractivity contribution is -0.142. The SMILES string of the molecule is Cc1cc(CC(=O)N[C@@H](CCCCN)C(=O)O)n(C)c1C(=O)c1ccc(Cl)cc1. The zero-order chi connectivity index (χ0) is 21.6. The molecule has 7 nitrogen and oxygen atoms in total. The van der Waals surface area contributed by atoms with Gasteiger partial charge in [-0.25, -0.2) is 4.79 Å². The molecule has 1 atom stereocenters. The maximum absolute atomic E-state index is 12.9. The van der Waals surface area contributed by atoms with Crippen LogP contribution in [0.15, 0.2) is 30.3 Å². The number of hydrogen-bond acceptors (Lipinski definition) is 4. The number of aromatic nitrogens is 1. The topological polar surface area (TPSA) is 114 Å². The maximum Gasteiger partial charge on any atom is 0.326 e. The number of aryl methyl sites for hydroxylation is 1. The quantitative estimate of drug-likeness (QED) is 0.404. The Morgan fingerprint density at radius 3 is 2.45 bits per heavy atom. The lowest BCUT2D eigenvalue weighted by atomic mass is 10.1. The van der Waals surface area contributed by atoms with Crippen LogP contribution in [0.4, 0.5) is 0 Å². The Balaban J connectivity index is 2.12. The molecule has 156 valence electrons. The molecule has 0 bridgehead atoms. The molecule has 1 aromatic heterocycles. The van der Waals surface area contributed by atoms with Gasteiger partial charge in [-0.1, -0.05) is 11.6 Å². The minimum atomic E-state index is -1.07. The number of nitrogens with one attached hydrogen (secondary N) is 1. The number of carbonyl (C=O) groups is 3. The molecule has 2 rings (SSSR count). The summed E-state index contributed by atoms with van der Waals surface area (Å²) < 4.78 is 1.68. The molecule has 0 aliphatic rings. The van der Waals surface area contributed by atoms with Crippen molar-refractivity contribution >= 4 is 29.3 Å². The standard InChI is InChI=1S/C21H26ClN3O4/c1-13-11-16(12-18(26)24-17(21(28)29)5-3-4-10-23)25(2)19(13)20(27)14-6-8-15(22)9-7-14/h6-9,11,17H,3-5,10,12,23H2,1-2H3,(H,24,26)(H,28,29)/t17-/m0/s1. The van der Waals surface area contributed by atoms with E-state index in [0.717, 1.165) is 5.56 Å². The Hall–Kier alpha value is -2.64. The number of ketones is 1. The molecule has 0 radical (unpaired) electrons. The fraction of sp³-hybridized carbons (Fsp3) is 0.381. The first kappa shape index (κ1) is 22.6. The summed E-state index contributed by atoms with van der Waals surface area (Å²) in [6.07, 6.45) is 1.63. The first-order valence-electron chi connectivity index (χ1n) is 9.42. The summed E-state index contributed by atoms with van der Waals surface area (Å²) in [5, 5.41) is 12.4. The van der Waals surface area contributed by atoms with Crippen LogP contribution in [-0.2, 0) is 23.1 Å². The largest absolute Gasteiger partial charge is 0.480 e. The van der Waals surface area contributed by atoms with Crippen molar-refractivity contribution in [1.29, 1.82) is 0 Å². The van der Waals surface area contributed by atoms with Gasteiger partial charge in [0.2, 0.25) is 11.7 Å². The monoisotopic (exact) mass is 419 g/mol. The average molecular weight is 420 g/mol. The van der Waals surface area contributed by atoms with Gasteiger partial charge in [0.15, 0.2) is 0 Å². The van der Waals surface area contributed by atoms with E-state index in [4.69, 9.17) is 17.3 Å². The van der Waals surface area contributed by atoms with E-state index in [-0.39, 0.29) is 12.2 Å². The van der Waals surface area contributed by atoms with Crippen LogP contribution in [0.25, 0.3) is 0 Å². The molecule has 0 fully saturated rings. The van der Waals surface area contributed by atoms with Crippen LogP contribution < -0.4 is 11.1 Å². The fourth-order valence-corrected chi connectivity index (χ4v) is 3.35.